The molecular formula is C11H12F2N2O3. The Hall–Kier alpha value is -2.02. The van der Waals surface area contributed by atoms with Gasteiger partial charge in [-0.1, -0.05) is 6.92 Å². The van der Waals surface area contributed by atoms with Crippen LogP contribution in [0.2, 0.25) is 0 Å². The van der Waals surface area contributed by atoms with Crippen LogP contribution < -0.4 is 11.1 Å². The second-order valence-electron chi connectivity index (χ2n) is 3.62. The lowest BCUT2D eigenvalue weighted by Crippen LogP contribution is -2.35. The van der Waals surface area contributed by atoms with Gasteiger partial charge in [0, 0.05) is 6.07 Å². The third-order valence-corrected chi connectivity index (χ3v) is 2.32. The average Bonchev–Trinajstić information content (AvgIpc) is 2.30. The maximum absolute atomic E-state index is 13.3. The number of aromatic carboxylic acids is 1. The lowest BCUT2D eigenvalue weighted by Gasteiger charge is -2.11. The Bertz CT molecular complexity index is 491. The molecule has 5 nitrogen and oxygen atoms in total. The Labute approximate surface area is 102 Å². The zero-order valence-electron chi connectivity index (χ0n) is 9.54. The van der Waals surface area contributed by atoms with E-state index in [2.05, 4.69) is 5.32 Å². The van der Waals surface area contributed by atoms with E-state index in [-0.39, 0.29) is 0 Å². The number of carbonyl (C=O) groups excluding carboxylic acids is 1. The summed E-state index contributed by atoms with van der Waals surface area (Å²) in [7, 11) is 0. The zero-order chi connectivity index (χ0) is 13.9. The molecular weight excluding hydrogens is 246 g/mol. The first-order valence-corrected chi connectivity index (χ1v) is 5.15. The van der Waals surface area contributed by atoms with Gasteiger partial charge in [-0.15, -0.1) is 0 Å². The van der Waals surface area contributed by atoms with E-state index < -0.39 is 40.8 Å². The minimum absolute atomic E-state index is 0.334. The van der Waals surface area contributed by atoms with Crippen molar-refractivity contribution >= 4 is 17.6 Å². The van der Waals surface area contributed by atoms with Gasteiger partial charge < -0.3 is 16.2 Å². The monoisotopic (exact) mass is 258 g/mol. The summed E-state index contributed by atoms with van der Waals surface area (Å²) >= 11 is 0. The SMILES string of the molecule is CCC(N)C(=O)Nc1cc(C(=O)O)c(F)cc1F. The first-order valence-electron chi connectivity index (χ1n) is 5.15. The molecule has 0 heterocycles. The number of benzene rings is 1. The highest BCUT2D eigenvalue weighted by Gasteiger charge is 2.18. The van der Waals surface area contributed by atoms with Gasteiger partial charge in [0.05, 0.1) is 17.3 Å². The molecule has 1 aromatic carbocycles. The van der Waals surface area contributed by atoms with Gasteiger partial charge in [0.25, 0.3) is 0 Å². The van der Waals surface area contributed by atoms with Crippen LogP contribution in [0, 0.1) is 11.6 Å². The number of hydrogen-bond donors (Lipinski definition) is 3. The fraction of sp³-hybridized carbons (Fsp3) is 0.273. The van der Waals surface area contributed by atoms with E-state index in [4.69, 9.17) is 10.8 Å². The van der Waals surface area contributed by atoms with Crippen molar-refractivity contribution in [3.05, 3.63) is 29.3 Å². The molecule has 0 saturated carbocycles. The molecule has 0 saturated heterocycles. The van der Waals surface area contributed by atoms with Crippen molar-refractivity contribution in [2.24, 2.45) is 5.73 Å². The van der Waals surface area contributed by atoms with Crippen molar-refractivity contribution in [1.82, 2.24) is 0 Å². The fourth-order valence-corrected chi connectivity index (χ4v) is 1.22. The molecule has 0 bridgehead atoms. The van der Waals surface area contributed by atoms with Gasteiger partial charge in [0.1, 0.15) is 11.6 Å². The van der Waals surface area contributed by atoms with E-state index in [0.717, 1.165) is 0 Å². The molecule has 0 aliphatic carbocycles. The minimum atomic E-state index is -1.55. The number of carboxylic acids is 1. The van der Waals surface area contributed by atoms with Gasteiger partial charge in [-0.25, -0.2) is 13.6 Å². The molecule has 18 heavy (non-hydrogen) atoms. The van der Waals surface area contributed by atoms with Crippen LogP contribution in [0.1, 0.15) is 23.7 Å². The van der Waals surface area contributed by atoms with Crippen LogP contribution in [-0.4, -0.2) is 23.0 Å². The number of nitrogens with one attached hydrogen (secondary N) is 1. The van der Waals surface area contributed by atoms with Crippen LogP contribution in [-0.2, 0) is 4.79 Å². The standard InChI is InChI=1S/C11H12F2N2O3/c1-2-8(14)10(16)15-9-3-5(11(17)18)6(12)4-7(9)13/h3-4,8H,2,14H2,1H3,(H,15,16)(H,17,18). The van der Waals surface area contributed by atoms with Crippen LogP contribution in [0.15, 0.2) is 12.1 Å². The number of carboxylic acid groups (broad SMARTS) is 1. The first kappa shape index (κ1) is 14.0. The second kappa shape index (κ2) is 5.54. The Morgan fingerprint density at radius 2 is 2.00 bits per heavy atom. The van der Waals surface area contributed by atoms with E-state index in [1.807, 2.05) is 0 Å². The summed E-state index contributed by atoms with van der Waals surface area (Å²) in [5, 5.41) is 10.8. The van der Waals surface area contributed by atoms with E-state index in [9.17, 15) is 18.4 Å². The van der Waals surface area contributed by atoms with Crippen molar-refractivity contribution < 1.29 is 23.5 Å². The molecule has 0 fully saturated rings. The fourth-order valence-electron chi connectivity index (χ4n) is 1.22. The molecule has 1 unspecified atom stereocenters. The molecule has 0 aliphatic rings. The molecule has 0 aliphatic heterocycles. The summed E-state index contributed by atoms with van der Waals surface area (Å²) in [6, 6.07) is 0.270. The number of amides is 1. The first-order chi connectivity index (χ1) is 8.36. The Balaban J connectivity index is 3.06. The number of halogens is 2. The predicted octanol–water partition coefficient (Wildman–Crippen LogP) is 1.34. The van der Waals surface area contributed by atoms with Gasteiger partial charge in [-0.2, -0.15) is 0 Å². The maximum Gasteiger partial charge on any atom is 0.338 e. The zero-order valence-corrected chi connectivity index (χ0v) is 9.54. The molecule has 1 amide bonds. The van der Waals surface area contributed by atoms with Crippen LogP contribution in [0.25, 0.3) is 0 Å². The minimum Gasteiger partial charge on any atom is -0.478 e. The van der Waals surface area contributed by atoms with Gasteiger partial charge >= 0.3 is 5.97 Å². The third kappa shape index (κ3) is 3.01. The summed E-state index contributed by atoms with van der Waals surface area (Å²) in [4.78, 5) is 22.1. The molecule has 7 heteroatoms. The quantitative estimate of drug-likeness (QED) is 0.759. The van der Waals surface area contributed by atoms with Gasteiger partial charge in [0.15, 0.2) is 0 Å². The highest BCUT2D eigenvalue weighted by atomic mass is 19.1. The van der Waals surface area contributed by atoms with Gasteiger partial charge in [0.2, 0.25) is 5.91 Å². The normalized spacial score (nSPS) is 12.0. The lowest BCUT2D eigenvalue weighted by atomic mass is 10.1. The van der Waals surface area contributed by atoms with Crippen LogP contribution in [0.4, 0.5) is 14.5 Å². The van der Waals surface area contributed by atoms with Crippen molar-refractivity contribution in [2.45, 2.75) is 19.4 Å². The van der Waals surface area contributed by atoms with Crippen molar-refractivity contribution in [2.75, 3.05) is 5.32 Å². The van der Waals surface area contributed by atoms with E-state index >= 15 is 0 Å². The number of rotatable bonds is 4. The van der Waals surface area contributed by atoms with Crippen LogP contribution >= 0.6 is 0 Å². The maximum atomic E-state index is 13.3. The highest BCUT2D eigenvalue weighted by Crippen LogP contribution is 2.19. The summed E-state index contributed by atoms with van der Waals surface area (Å²) in [6.45, 7) is 1.66. The molecule has 0 radical (unpaired) electrons. The molecule has 0 aromatic heterocycles. The van der Waals surface area contributed by atoms with Crippen LogP contribution in [0.5, 0.6) is 0 Å². The third-order valence-electron chi connectivity index (χ3n) is 2.32. The molecule has 0 spiro atoms. The summed E-state index contributed by atoms with van der Waals surface area (Å²) in [6.07, 6.45) is 0.334. The number of carbonyl (C=O) groups is 2. The van der Waals surface area contributed by atoms with Crippen molar-refractivity contribution in [3.8, 4) is 0 Å². The summed E-state index contributed by atoms with van der Waals surface area (Å²) < 4.78 is 26.4. The van der Waals surface area contributed by atoms with Crippen molar-refractivity contribution in [1.29, 1.82) is 0 Å². The molecule has 1 atom stereocenters. The van der Waals surface area contributed by atoms with Crippen LogP contribution in [0.3, 0.4) is 0 Å². The largest absolute Gasteiger partial charge is 0.478 e. The van der Waals surface area contributed by atoms with Gasteiger partial charge in [-0.05, 0) is 12.5 Å². The van der Waals surface area contributed by atoms with Crippen molar-refractivity contribution in [3.63, 3.8) is 0 Å². The molecule has 1 aromatic rings. The van der Waals surface area contributed by atoms with E-state index in [0.29, 0.717) is 18.6 Å². The van der Waals surface area contributed by atoms with E-state index in [1.165, 1.54) is 0 Å². The molecule has 1 rings (SSSR count). The number of hydrogen-bond acceptors (Lipinski definition) is 3. The Morgan fingerprint density at radius 1 is 1.39 bits per heavy atom. The summed E-state index contributed by atoms with van der Waals surface area (Å²) in [5.74, 6) is -4.49. The summed E-state index contributed by atoms with van der Waals surface area (Å²) in [5.41, 5.74) is 4.28. The predicted molar refractivity (Wildman–Crippen MR) is 60.2 cm³/mol. The average molecular weight is 258 g/mol. The smallest absolute Gasteiger partial charge is 0.338 e. The highest BCUT2D eigenvalue weighted by molar-refractivity contribution is 5.96. The Morgan fingerprint density at radius 3 is 2.50 bits per heavy atom. The molecule has 4 N–H and O–H groups in total. The molecule has 98 valence electrons. The number of anilines is 1. The lowest BCUT2D eigenvalue weighted by molar-refractivity contribution is -0.117. The van der Waals surface area contributed by atoms with E-state index in [1.54, 1.807) is 6.92 Å². The van der Waals surface area contributed by atoms with Gasteiger partial charge in [-0.3, -0.25) is 4.79 Å². The topological polar surface area (TPSA) is 92.4 Å². The number of nitrogens with two attached hydrogens (primary N) is 1. The Kier molecular flexibility index (Phi) is 4.33. The second-order valence-corrected chi connectivity index (χ2v) is 3.62.